The summed E-state index contributed by atoms with van der Waals surface area (Å²) >= 11 is 0. The van der Waals surface area contributed by atoms with Crippen molar-refractivity contribution < 1.29 is 13.9 Å². The molecule has 0 aliphatic heterocycles. The third-order valence-corrected chi connectivity index (χ3v) is 3.56. The van der Waals surface area contributed by atoms with Gasteiger partial charge < -0.3 is 14.8 Å². The van der Waals surface area contributed by atoms with Crippen molar-refractivity contribution in [3.05, 3.63) is 65.7 Å². The fourth-order valence-corrected chi connectivity index (χ4v) is 2.41. The van der Waals surface area contributed by atoms with Crippen molar-refractivity contribution in [3.63, 3.8) is 0 Å². The van der Waals surface area contributed by atoms with Crippen LogP contribution in [0.4, 0.5) is 4.39 Å². The van der Waals surface area contributed by atoms with Gasteiger partial charge in [-0.3, -0.25) is 0 Å². The lowest BCUT2D eigenvalue weighted by atomic mass is 10.1. The van der Waals surface area contributed by atoms with E-state index in [2.05, 4.69) is 5.32 Å². The molecule has 0 spiro atoms. The lowest BCUT2D eigenvalue weighted by Crippen LogP contribution is -2.28. The Morgan fingerprint density at radius 1 is 1.00 bits per heavy atom. The standard InChI is InChI=1S/C18H22FNO2/c1-21-13-17(14-8-4-3-5-9-14)20-12-16(19)15-10-6-7-11-18(15)22-2/h3-11,16-17,20H,12-13H2,1-2H3/t16-,17-/m0/s1. The van der Waals surface area contributed by atoms with E-state index in [-0.39, 0.29) is 12.6 Å². The summed E-state index contributed by atoms with van der Waals surface area (Å²) < 4.78 is 25.0. The average Bonchev–Trinajstić information content (AvgIpc) is 2.59. The molecule has 118 valence electrons. The third kappa shape index (κ3) is 4.29. The van der Waals surface area contributed by atoms with Crippen molar-refractivity contribution in [1.29, 1.82) is 0 Å². The number of nitrogens with one attached hydrogen (secondary N) is 1. The van der Waals surface area contributed by atoms with E-state index < -0.39 is 6.17 Å². The Balaban J connectivity index is 2.03. The minimum atomic E-state index is -1.14. The minimum Gasteiger partial charge on any atom is -0.496 e. The monoisotopic (exact) mass is 303 g/mol. The Kier molecular flexibility index (Phi) is 6.37. The zero-order valence-electron chi connectivity index (χ0n) is 13.0. The van der Waals surface area contributed by atoms with Crippen LogP contribution in [0.1, 0.15) is 23.3 Å². The van der Waals surface area contributed by atoms with Crippen molar-refractivity contribution in [2.45, 2.75) is 12.2 Å². The first-order chi connectivity index (χ1) is 10.8. The van der Waals surface area contributed by atoms with Gasteiger partial charge in [0, 0.05) is 19.2 Å². The summed E-state index contributed by atoms with van der Waals surface area (Å²) in [5.74, 6) is 0.569. The first-order valence-corrected chi connectivity index (χ1v) is 7.30. The fraction of sp³-hybridized carbons (Fsp3) is 0.333. The zero-order valence-corrected chi connectivity index (χ0v) is 13.0. The van der Waals surface area contributed by atoms with Crippen molar-refractivity contribution in [2.75, 3.05) is 27.4 Å². The highest BCUT2D eigenvalue weighted by Crippen LogP contribution is 2.27. The number of methoxy groups -OCH3 is 2. The molecule has 2 aromatic rings. The highest BCUT2D eigenvalue weighted by molar-refractivity contribution is 5.35. The van der Waals surface area contributed by atoms with Crippen LogP contribution in [0.5, 0.6) is 5.75 Å². The second-order valence-electron chi connectivity index (χ2n) is 5.04. The molecule has 0 bridgehead atoms. The molecule has 0 aliphatic rings. The summed E-state index contributed by atoms with van der Waals surface area (Å²) in [6, 6.07) is 17.0. The van der Waals surface area contributed by atoms with Crippen LogP contribution in [0.25, 0.3) is 0 Å². The molecule has 0 heterocycles. The fourth-order valence-electron chi connectivity index (χ4n) is 2.41. The topological polar surface area (TPSA) is 30.5 Å². The second kappa shape index (κ2) is 8.51. The Morgan fingerprint density at radius 2 is 1.68 bits per heavy atom. The number of benzene rings is 2. The largest absolute Gasteiger partial charge is 0.496 e. The Labute approximate surface area is 131 Å². The molecular formula is C18H22FNO2. The summed E-state index contributed by atoms with van der Waals surface area (Å²) in [6.45, 7) is 0.686. The van der Waals surface area contributed by atoms with Gasteiger partial charge in [0.2, 0.25) is 0 Å². The molecule has 1 N–H and O–H groups in total. The van der Waals surface area contributed by atoms with Gasteiger partial charge in [-0.2, -0.15) is 0 Å². The van der Waals surface area contributed by atoms with Crippen LogP contribution in [0.15, 0.2) is 54.6 Å². The molecule has 0 amide bonds. The molecule has 4 heteroatoms. The van der Waals surface area contributed by atoms with E-state index in [0.717, 1.165) is 5.56 Å². The van der Waals surface area contributed by atoms with E-state index in [1.165, 1.54) is 0 Å². The van der Waals surface area contributed by atoms with E-state index in [4.69, 9.17) is 9.47 Å². The summed E-state index contributed by atoms with van der Waals surface area (Å²) in [6.07, 6.45) is -1.14. The van der Waals surface area contributed by atoms with Gasteiger partial charge >= 0.3 is 0 Å². The van der Waals surface area contributed by atoms with Crippen molar-refractivity contribution in [2.24, 2.45) is 0 Å². The van der Waals surface area contributed by atoms with Crippen LogP contribution in [0, 0.1) is 0 Å². The summed E-state index contributed by atoms with van der Waals surface area (Å²) in [7, 11) is 3.20. The number of hydrogen-bond acceptors (Lipinski definition) is 3. The average molecular weight is 303 g/mol. The maximum atomic E-state index is 14.5. The predicted octanol–water partition coefficient (Wildman–Crippen LogP) is 3.68. The molecule has 0 saturated heterocycles. The van der Waals surface area contributed by atoms with Gasteiger partial charge in [-0.25, -0.2) is 4.39 Å². The lowest BCUT2D eigenvalue weighted by Gasteiger charge is -2.20. The minimum absolute atomic E-state index is 0.0424. The predicted molar refractivity (Wildman–Crippen MR) is 85.9 cm³/mol. The smallest absolute Gasteiger partial charge is 0.141 e. The molecule has 2 atom stereocenters. The van der Waals surface area contributed by atoms with E-state index in [9.17, 15) is 4.39 Å². The number of alkyl halides is 1. The molecular weight excluding hydrogens is 281 g/mol. The molecule has 2 rings (SSSR count). The Hall–Kier alpha value is -1.91. The van der Waals surface area contributed by atoms with E-state index in [1.807, 2.05) is 42.5 Å². The number of para-hydroxylation sites is 1. The van der Waals surface area contributed by atoms with Crippen LogP contribution in [-0.4, -0.2) is 27.4 Å². The van der Waals surface area contributed by atoms with Crippen LogP contribution >= 0.6 is 0 Å². The zero-order chi connectivity index (χ0) is 15.8. The second-order valence-corrected chi connectivity index (χ2v) is 5.04. The normalized spacial score (nSPS) is 13.6. The van der Waals surface area contributed by atoms with E-state index in [1.54, 1.807) is 26.4 Å². The molecule has 0 radical (unpaired) electrons. The van der Waals surface area contributed by atoms with Crippen molar-refractivity contribution in [3.8, 4) is 5.75 Å². The van der Waals surface area contributed by atoms with Crippen LogP contribution in [-0.2, 0) is 4.74 Å². The Morgan fingerprint density at radius 3 is 2.36 bits per heavy atom. The van der Waals surface area contributed by atoms with Crippen LogP contribution in [0.2, 0.25) is 0 Å². The number of halogens is 1. The molecule has 2 aromatic carbocycles. The van der Waals surface area contributed by atoms with Gasteiger partial charge in [-0.15, -0.1) is 0 Å². The summed E-state index contributed by atoms with van der Waals surface area (Å²) in [5.41, 5.74) is 1.64. The first-order valence-electron chi connectivity index (χ1n) is 7.30. The summed E-state index contributed by atoms with van der Waals surface area (Å²) in [4.78, 5) is 0. The van der Waals surface area contributed by atoms with Gasteiger partial charge in [0.15, 0.2) is 0 Å². The summed E-state index contributed by atoms with van der Waals surface area (Å²) in [5, 5.41) is 3.23. The van der Waals surface area contributed by atoms with Crippen LogP contribution in [0.3, 0.4) is 0 Å². The maximum Gasteiger partial charge on any atom is 0.141 e. The van der Waals surface area contributed by atoms with E-state index >= 15 is 0 Å². The Bertz CT molecular complexity index is 562. The SMILES string of the molecule is COC[C@H](NC[C@H](F)c1ccccc1OC)c1ccccc1. The number of rotatable bonds is 8. The maximum absolute atomic E-state index is 14.5. The number of hydrogen-bond donors (Lipinski definition) is 1. The molecule has 0 fully saturated rings. The van der Waals surface area contributed by atoms with Gasteiger partial charge in [0.05, 0.1) is 19.8 Å². The highest BCUT2D eigenvalue weighted by atomic mass is 19.1. The van der Waals surface area contributed by atoms with Crippen molar-refractivity contribution in [1.82, 2.24) is 5.32 Å². The molecule has 0 saturated carbocycles. The quantitative estimate of drug-likeness (QED) is 0.807. The van der Waals surface area contributed by atoms with Gasteiger partial charge in [-0.1, -0.05) is 48.5 Å². The van der Waals surface area contributed by atoms with Gasteiger partial charge in [0.1, 0.15) is 11.9 Å². The van der Waals surface area contributed by atoms with Crippen molar-refractivity contribution >= 4 is 0 Å². The van der Waals surface area contributed by atoms with Crippen LogP contribution < -0.4 is 10.1 Å². The van der Waals surface area contributed by atoms with Gasteiger partial charge in [-0.05, 0) is 11.6 Å². The highest BCUT2D eigenvalue weighted by Gasteiger charge is 2.17. The first kappa shape index (κ1) is 16.5. The number of ether oxygens (including phenoxy) is 2. The molecule has 0 unspecified atom stereocenters. The lowest BCUT2D eigenvalue weighted by molar-refractivity contribution is 0.161. The molecule has 3 nitrogen and oxygen atoms in total. The van der Waals surface area contributed by atoms with Gasteiger partial charge in [0.25, 0.3) is 0 Å². The third-order valence-electron chi connectivity index (χ3n) is 3.56. The molecule has 0 aromatic heterocycles. The molecule has 0 aliphatic carbocycles. The van der Waals surface area contributed by atoms with E-state index in [0.29, 0.717) is 17.9 Å². The molecule has 22 heavy (non-hydrogen) atoms.